The molecule has 1 fully saturated rings. The molecule has 1 aliphatic heterocycles. The summed E-state index contributed by atoms with van der Waals surface area (Å²) in [5.74, 6) is 1.03. The van der Waals surface area contributed by atoms with Gasteiger partial charge in [-0.05, 0) is 48.7 Å². The Morgan fingerprint density at radius 1 is 1.04 bits per heavy atom. The summed E-state index contributed by atoms with van der Waals surface area (Å²) >= 11 is 0. The molecule has 1 aliphatic carbocycles. The monoisotopic (exact) mass is 334 g/mol. The molecule has 0 radical (unpaired) electrons. The zero-order valence-corrected chi connectivity index (χ0v) is 13.7. The number of hydrogen-bond donors (Lipinski definition) is 1. The van der Waals surface area contributed by atoms with Crippen molar-refractivity contribution in [3.05, 3.63) is 53.6 Å². The standard InChI is InChI=1S/C20H18N2O3/c21-12-20(9-1-2-10-20)15-4-6-16(7-5-15)22-19(23)14-3-8-17-18(11-14)25-13-24-17/h3-8,11H,1-2,9-10,13H2,(H,22,23). The Balaban J connectivity index is 1.50. The van der Waals surface area contributed by atoms with Gasteiger partial charge in [-0.3, -0.25) is 4.79 Å². The fourth-order valence-corrected chi connectivity index (χ4v) is 3.56. The van der Waals surface area contributed by atoms with Crippen LogP contribution in [0.5, 0.6) is 11.5 Å². The van der Waals surface area contributed by atoms with Gasteiger partial charge in [0.2, 0.25) is 6.79 Å². The average molecular weight is 334 g/mol. The molecule has 0 bridgehead atoms. The smallest absolute Gasteiger partial charge is 0.255 e. The van der Waals surface area contributed by atoms with Gasteiger partial charge in [0.25, 0.3) is 5.91 Å². The molecular formula is C20H18N2O3. The lowest BCUT2D eigenvalue weighted by atomic mass is 9.80. The summed E-state index contributed by atoms with van der Waals surface area (Å²) in [7, 11) is 0. The highest BCUT2D eigenvalue weighted by Gasteiger charge is 2.35. The van der Waals surface area contributed by atoms with Crippen LogP contribution in [0.25, 0.3) is 0 Å². The molecule has 1 N–H and O–H groups in total. The first-order valence-corrected chi connectivity index (χ1v) is 8.43. The maximum Gasteiger partial charge on any atom is 0.255 e. The van der Waals surface area contributed by atoms with Crippen molar-refractivity contribution in [3.8, 4) is 17.6 Å². The number of fused-ring (bicyclic) bond motifs is 1. The third-order valence-electron chi connectivity index (χ3n) is 5.00. The number of anilines is 1. The first-order valence-electron chi connectivity index (χ1n) is 8.43. The highest BCUT2D eigenvalue weighted by molar-refractivity contribution is 6.04. The second-order valence-corrected chi connectivity index (χ2v) is 6.50. The first kappa shape index (κ1) is 15.5. The van der Waals surface area contributed by atoms with Gasteiger partial charge in [0.1, 0.15) is 0 Å². The summed E-state index contributed by atoms with van der Waals surface area (Å²) in [6.45, 7) is 0.183. The minimum absolute atomic E-state index is 0.183. The van der Waals surface area contributed by atoms with Gasteiger partial charge < -0.3 is 14.8 Å². The van der Waals surface area contributed by atoms with Crippen LogP contribution in [-0.2, 0) is 5.41 Å². The molecule has 2 aromatic rings. The van der Waals surface area contributed by atoms with Crippen LogP contribution >= 0.6 is 0 Å². The molecule has 1 amide bonds. The van der Waals surface area contributed by atoms with Gasteiger partial charge in [-0.2, -0.15) is 5.26 Å². The van der Waals surface area contributed by atoms with Gasteiger partial charge in [-0.25, -0.2) is 0 Å². The van der Waals surface area contributed by atoms with Crippen molar-refractivity contribution in [1.82, 2.24) is 0 Å². The Morgan fingerprint density at radius 3 is 2.48 bits per heavy atom. The van der Waals surface area contributed by atoms with E-state index in [-0.39, 0.29) is 18.1 Å². The Labute approximate surface area is 146 Å². The van der Waals surface area contributed by atoms with E-state index in [2.05, 4.69) is 11.4 Å². The zero-order valence-electron chi connectivity index (χ0n) is 13.7. The van der Waals surface area contributed by atoms with Crippen LogP contribution in [0.1, 0.15) is 41.6 Å². The number of carbonyl (C=O) groups excluding carboxylic acids is 1. The molecular weight excluding hydrogens is 316 g/mol. The van der Waals surface area contributed by atoms with Crippen molar-refractivity contribution in [2.45, 2.75) is 31.1 Å². The molecule has 25 heavy (non-hydrogen) atoms. The molecule has 1 saturated carbocycles. The fourth-order valence-electron chi connectivity index (χ4n) is 3.56. The third kappa shape index (κ3) is 2.80. The quantitative estimate of drug-likeness (QED) is 0.921. The number of nitriles is 1. The van der Waals surface area contributed by atoms with Crippen molar-refractivity contribution in [2.75, 3.05) is 12.1 Å². The summed E-state index contributed by atoms with van der Waals surface area (Å²) in [4.78, 5) is 12.4. The Kier molecular flexibility index (Phi) is 3.81. The molecule has 1 heterocycles. The molecule has 0 spiro atoms. The van der Waals surface area contributed by atoms with E-state index in [0.717, 1.165) is 31.2 Å². The summed E-state index contributed by atoms with van der Waals surface area (Å²) in [6.07, 6.45) is 4.01. The van der Waals surface area contributed by atoms with E-state index >= 15 is 0 Å². The van der Waals surface area contributed by atoms with Gasteiger partial charge in [-0.1, -0.05) is 25.0 Å². The van der Waals surface area contributed by atoms with E-state index < -0.39 is 0 Å². The van der Waals surface area contributed by atoms with E-state index in [0.29, 0.717) is 22.7 Å². The van der Waals surface area contributed by atoms with Crippen molar-refractivity contribution >= 4 is 11.6 Å². The van der Waals surface area contributed by atoms with E-state index in [9.17, 15) is 10.1 Å². The minimum Gasteiger partial charge on any atom is -0.454 e. The molecule has 0 saturated heterocycles. The fraction of sp³-hybridized carbons (Fsp3) is 0.300. The number of carbonyl (C=O) groups is 1. The average Bonchev–Trinajstić information content (AvgIpc) is 3.31. The Hall–Kier alpha value is -3.00. The molecule has 5 heteroatoms. The van der Waals surface area contributed by atoms with Gasteiger partial charge in [0.05, 0.1) is 11.5 Å². The lowest BCUT2D eigenvalue weighted by Gasteiger charge is -2.21. The largest absolute Gasteiger partial charge is 0.454 e. The molecule has 5 nitrogen and oxygen atoms in total. The molecule has 4 rings (SSSR count). The highest BCUT2D eigenvalue weighted by atomic mass is 16.7. The van der Waals surface area contributed by atoms with Gasteiger partial charge in [0, 0.05) is 11.3 Å². The van der Waals surface area contributed by atoms with Gasteiger partial charge >= 0.3 is 0 Å². The molecule has 2 aliphatic rings. The Bertz CT molecular complexity index is 846. The number of nitrogens with one attached hydrogen (secondary N) is 1. The van der Waals surface area contributed by atoms with Crippen LogP contribution in [-0.4, -0.2) is 12.7 Å². The summed E-state index contributed by atoms with van der Waals surface area (Å²) in [5, 5.41) is 12.4. The molecule has 126 valence electrons. The van der Waals surface area contributed by atoms with Crippen LogP contribution in [0.2, 0.25) is 0 Å². The second-order valence-electron chi connectivity index (χ2n) is 6.50. The molecule has 0 atom stereocenters. The van der Waals surface area contributed by atoms with Crippen molar-refractivity contribution in [3.63, 3.8) is 0 Å². The van der Waals surface area contributed by atoms with Crippen LogP contribution < -0.4 is 14.8 Å². The number of amides is 1. The third-order valence-corrected chi connectivity index (χ3v) is 5.00. The second kappa shape index (κ2) is 6.14. The maximum absolute atomic E-state index is 12.4. The lowest BCUT2D eigenvalue weighted by molar-refractivity contribution is 0.102. The number of ether oxygens (including phenoxy) is 2. The first-order chi connectivity index (χ1) is 12.2. The topological polar surface area (TPSA) is 71.4 Å². The molecule has 2 aromatic carbocycles. The van der Waals surface area contributed by atoms with Crippen molar-refractivity contribution < 1.29 is 14.3 Å². The van der Waals surface area contributed by atoms with E-state index in [1.165, 1.54) is 0 Å². The number of nitrogens with zero attached hydrogens (tertiary/aromatic N) is 1. The maximum atomic E-state index is 12.4. The summed E-state index contributed by atoms with van der Waals surface area (Å²) in [6, 6.07) is 15.2. The van der Waals surface area contributed by atoms with E-state index in [4.69, 9.17) is 9.47 Å². The van der Waals surface area contributed by atoms with E-state index in [1.54, 1.807) is 18.2 Å². The van der Waals surface area contributed by atoms with Crippen molar-refractivity contribution in [1.29, 1.82) is 5.26 Å². The van der Waals surface area contributed by atoms with Gasteiger partial charge in [-0.15, -0.1) is 0 Å². The Morgan fingerprint density at radius 2 is 1.76 bits per heavy atom. The van der Waals surface area contributed by atoms with Crippen LogP contribution in [0, 0.1) is 11.3 Å². The van der Waals surface area contributed by atoms with E-state index in [1.807, 2.05) is 24.3 Å². The SMILES string of the molecule is N#CC1(c2ccc(NC(=O)c3ccc4c(c3)OCO4)cc2)CCCC1. The zero-order chi connectivity index (χ0) is 17.3. The predicted molar refractivity (Wildman–Crippen MR) is 92.7 cm³/mol. The predicted octanol–water partition coefficient (Wildman–Crippen LogP) is 4.00. The number of hydrogen-bond acceptors (Lipinski definition) is 4. The summed E-state index contributed by atoms with van der Waals surface area (Å²) in [5.41, 5.74) is 1.89. The van der Waals surface area contributed by atoms with Gasteiger partial charge in [0.15, 0.2) is 11.5 Å². The van der Waals surface area contributed by atoms with Crippen LogP contribution in [0.4, 0.5) is 5.69 Å². The van der Waals surface area contributed by atoms with Crippen LogP contribution in [0.15, 0.2) is 42.5 Å². The number of benzene rings is 2. The van der Waals surface area contributed by atoms with Crippen molar-refractivity contribution in [2.24, 2.45) is 0 Å². The highest BCUT2D eigenvalue weighted by Crippen LogP contribution is 2.40. The summed E-state index contributed by atoms with van der Waals surface area (Å²) < 4.78 is 10.6. The number of rotatable bonds is 3. The minimum atomic E-state index is -0.361. The van der Waals surface area contributed by atoms with Crippen LogP contribution in [0.3, 0.4) is 0 Å². The molecule has 0 aromatic heterocycles. The lowest BCUT2D eigenvalue weighted by Crippen LogP contribution is -2.19. The normalized spacial score (nSPS) is 17.1. The molecule has 0 unspecified atom stereocenters.